The molecule has 0 aliphatic heterocycles. The molecule has 0 amide bonds. The fourth-order valence-electron chi connectivity index (χ4n) is 3.09. The second kappa shape index (κ2) is 9.85. The van der Waals surface area contributed by atoms with Crippen molar-refractivity contribution in [1.82, 2.24) is 4.98 Å². The van der Waals surface area contributed by atoms with Crippen molar-refractivity contribution in [3.8, 4) is 6.07 Å². The van der Waals surface area contributed by atoms with Crippen LogP contribution in [-0.2, 0) is 21.3 Å². The SMILES string of the molecule is C=C/C(=C\C(CC(C)(C#N)c1ccc2cc(CC)c(=O)[nH]c2c1)=N/COC)OC. The van der Waals surface area contributed by atoms with Crippen LogP contribution in [0.5, 0.6) is 0 Å². The van der Waals surface area contributed by atoms with E-state index in [0.717, 1.165) is 16.5 Å². The molecule has 0 saturated carbocycles. The molecule has 6 heteroatoms. The number of fused-ring (bicyclic) bond motifs is 1. The Morgan fingerprint density at radius 2 is 2.14 bits per heavy atom. The van der Waals surface area contributed by atoms with Gasteiger partial charge in [-0.2, -0.15) is 5.26 Å². The Balaban J connectivity index is 2.50. The summed E-state index contributed by atoms with van der Waals surface area (Å²) < 4.78 is 10.3. The minimum atomic E-state index is -0.863. The van der Waals surface area contributed by atoms with Gasteiger partial charge in [-0.3, -0.25) is 9.79 Å². The molecule has 6 nitrogen and oxygen atoms in total. The molecular formula is C23H27N3O3. The Bertz CT molecular complexity index is 1040. The average Bonchev–Trinajstić information content (AvgIpc) is 2.74. The highest BCUT2D eigenvalue weighted by Crippen LogP contribution is 2.30. The van der Waals surface area contributed by atoms with Crippen LogP contribution in [-0.4, -0.2) is 31.6 Å². The van der Waals surface area contributed by atoms with E-state index < -0.39 is 5.41 Å². The summed E-state index contributed by atoms with van der Waals surface area (Å²) in [5.74, 6) is 0.551. The predicted octanol–water partition coefficient (Wildman–Crippen LogP) is 4.02. The number of aromatic nitrogens is 1. The molecule has 0 radical (unpaired) electrons. The molecule has 0 aliphatic rings. The molecule has 1 heterocycles. The lowest BCUT2D eigenvalue weighted by atomic mass is 9.79. The average molecular weight is 393 g/mol. The highest BCUT2D eigenvalue weighted by atomic mass is 16.5. The molecule has 1 atom stereocenters. The zero-order valence-corrected chi connectivity index (χ0v) is 17.4. The number of benzene rings is 1. The predicted molar refractivity (Wildman–Crippen MR) is 116 cm³/mol. The van der Waals surface area contributed by atoms with E-state index in [9.17, 15) is 10.1 Å². The second-order valence-corrected chi connectivity index (χ2v) is 6.92. The van der Waals surface area contributed by atoms with Gasteiger partial charge < -0.3 is 14.5 Å². The maximum absolute atomic E-state index is 12.2. The minimum Gasteiger partial charge on any atom is -0.497 e. The third-order valence-electron chi connectivity index (χ3n) is 4.86. The fraction of sp³-hybridized carbons (Fsp3) is 0.348. The van der Waals surface area contributed by atoms with Gasteiger partial charge in [0.2, 0.25) is 0 Å². The lowest BCUT2D eigenvalue weighted by molar-refractivity contribution is 0.209. The normalized spacial score (nSPS) is 14.3. The molecule has 1 N–H and O–H groups in total. The quantitative estimate of drug-likeness (QED) is 0.396. The van der Waals surface area contributed by atoms with Crippen LogP contribution in [0.25, 0.3) is 10.9 Å². The third-order valence-corrected chi connectivity index (χ3v) is 4.86. The van der Waals surface area contributed by atoms with E-state index in [1.165, 1.54) is 0 Å². The smallest absolute Gasteiger partial charge is 0.251 e. The Hall–Kier alpha value is -3.17. The summed E-state index contributed by atoms with van der Waals surface area (Å²) in [6, 6.07) is 10.0. The fourth-order valence-corrected chi connectivity index (χ4v) is 3.09. The lowest BCUT2D eigenvalue weighted by Crippen LogP contribution is -2.24. The second-order valence-electron chi connectivity index (χ2n) is 6.92. The third kappa shape index (κ3) is 5.21. The van der Waals surface area contributed by atoms with Crippen LogP contribution in [0.15, 0.2) is 58.5 Å². The molecule has 1 aromatic carbocycles. The first-order valence-corrected chi connectivity index (χ1v) is 9.38. The zero-order valence-electron chi connectivity index (χ0n) is 17.4. The van der Waals surface area contributed by atoms with Gasteiger partial charge in [-0.1, -0.05) is 25.6 Å². The van der Waals surface area contributed by atoms with Crippen molar-refractivity contribution in [3.63, 3.8) is 0 Å². The van der Waals surface area contributed by atoms with Gasteiger partial charge in [0, 0.05) is 36.4 Å². The Morgan fingerprint density at radius 3 is 2.72 bits per heavy atom. The van der Waals surface area contributed by atoms with E-state index in [1.54, 1.807) is 26.4 Å². The van der Waals surface area contributed by atoms with E-state index in [1.807, 2.05) is 38.1 Å². The Labute approximate surface area is 171 Å². The number of ether oxygens (including phenoxy) is 2. The van der Waals surface area contributed by atoms with Crippen molar-refractivity contribution in [2.24, 2.45) is 4.99 Å². The summed E-state index contributed by atoms with van der Waals surface area (Å²) in [4.78, 5) is 19.5. The highest BCUT2D eigenvalue weighted by Gasteiger charge is 2.28. The van der Waals surface area contributed by atoms with Crippen molar-refractivity contribution in [1.29, 1.82) is 5.26 Å². The highest BCUT2D eigenvalue weighted by molar-refractivity contribution is 5.97. The number of nitrogens with zero attached hydrogens (tertiary/aromatic N) is 2. The number of aryl methyl sites for hydroxylation is 1. The van der Waals surface area contributed by atoms with Gasteiger partial charge >= 0.3 is 0 Å². The van der Waals surface area contributed by atoms with E-state index >= 15 is 0 Å². The molecule has 0 fully saturated rings. The monoisotopic (exact) mass is 393 g/mol. The van der Waals surface area contributed by atoms with Gasteiger partial charge in [0.05, 0.1) is 18.6 Å². The summed E-state index contributed by atoms with van der Waals surface area (Å²) in [6.45, 7) is 7.69. The molecule has 2 aromatic rings. The first-order chi connectivity index (χ1) is 13.9. The van der Waals surface area contributed by atoms with Gasteiger partial charge in [-0.15, -0.1) is 0 Å². The van der Waals surface area contributed by atoms with Crippen molar-refractivity contribution < 1.29 is 9.47 Å². The number of aromatic amines is 1. The van der Waals surface area contributed by atoms with Crippen molar-refractivity contribution in [2.45, 2.75) is 32.1 Å². The summed E-state index contributed by atoms with van der Waals surface area (Å²) in [7, 11) is 3.11. The van der Waals surface area contributed by atoms with Crippen LogP contribution < -0.4 is 5.56 Å². The van der Waals surface area contributed by atoms with Crippen LogP contribution in [0.4, 0.5) is 0 Å². The number of allylic oxidation sites excluding steroid dienone is 2. The summed E-state index contributed by atoms with van der Waals surface area (Å²) in [5.41, 5.74) is 1.94. The van der Waals surface area contributed by atoms with E-state index in [2.05, 4.69) is 22.6 Å². The van der Waals surface area contributed by atoms with Gasteiger partial charge in [-0.05, 0) is 42.5 Å². The number of rotatable bonds is 9. The first kappa shape index (κ1) is 22.1. The first-order valence-electron chi connectivity index (χ1n) is 9.38. The standard InChI is InChI=1S/C23H27N3O3/c1-6-16-10-17-8-9-18(11-21(17)26-22(16)27)23(3,14-24)13-19(25-15-28-4)12-20(7-2)29-5/h7-12H,2,6,13,15H2,1,3-5H3,(H,26,27)/b20-12+,25-19+. The van der Waals surface area contributed by atoms with Crippen LogP contribution >= 0.6 is 0 Å². The molecule has 0 bridgehead atoms. The molecule has 1 aromatic heterocycles. The molecule has 0 aliphatic carbocycles. The van der Waals surface area contributed by atoms with Gasteiger partial charge in [-0.25, -0.2) is 0 Å². The van der Waals surface area contributed by atoms with Gasteiger partial charge in [0.25, 0.3) is 5.56 Å². The Kier molecular flexibility index (Phi) is 7.52. The number of methoxy groups -OCH3 is 2. The summed E-state index contributed by atoms with van der Waals surface area (Å²) in [5, 5.41) is 10.9. The number of pyridine rings is 1. The van der Waals surface area contributed by atoms with Crippen molar-refractivity contribution in [2.75, 3.05) is 21.0 Å². The summed E-state index contributed by atoms with van der Waals surface area (Å²) in [6.07, 6.45) is 4.34. The lowest BCUT2D eigenvalue weighted by Gasteiger charge is -2.23. The number of H-pyrrole nitrogens is 1. The molecular weight excluding hydrogens is 366 g/mol. The maximum Gasteiger partial charge on any atom is 0.251 e. The van der Waals surface area contributed by atoms with Gasteiger partial charge in [0.15, 0.2) is 0 Å². The summed E-state index contributed by atoms with van der Waals surface area (Å²) >= 11 is 0. The van der Waals surface area contributed by atoms with Crippen LogP contribution in [0.3, 0.4) is 0 Å². The van der Waals surface area contributed by atoms with Gasteiger partial charge in [0.1, 0.15) is 12.5 Å². The Morgan fingerprint density at radius 1 is 1.38 bits per heavy atom. The van der Waals surface area contributed by atoms with Crippen molar-refractivity contribution in [3.05, 3.63) is 70.2 Å². The number of nitrogens with one attached hydrogen (secondary N) is 1. The minimum absolute atomic E-state index is 0.100. The molecule has 0 spiro atoms. The van der Waals surface area contributed by atoms with E-state index in [0.29, 0.717) is 29.8 Å². The molecule has 1 unspecified atom stereocenters. The number of hydrogen-bond donors (Lipinski definition) is 1. The zero-order chi connectivity index (χ0) is 21.4. The number of aliphatic imine (C=N–C) groups is 1. The van der Waals surface area contributed by atoms with E-state index in [-0.39, 0.29) is 12.3 Å². The van der Waals surface area contributed by atoms with Crippen molar-refractivity contribution >= 4 is 16.6 Å². The number of hydrogen-bond acceptors (Lipinski definition) is 5. The largest absolute Gasteiger partial charge is 0.497 e. The van der Waals surface area contributed by atoms with Crippen LogP contribution in [0.2, 0.25) is 0 Å². The molecule has 152 valence electrons. The molecule has 0 saturated heterocycles. The topological polar surface area (TPSA) is 87.5 Å². The molecule has 29 heavy (non-hydrogen) atoms. The molecule has 2 rings (SSSR count). The van der Waals surface area contributed by atoms with Crippen LogP contribution in [0.1, 0.15) is 31.4 Å². The van der Waals surface area contributed by atoms with E-state index in [4.69, 9.17) is 9.47 Å². The van der Waals surface area contributed by atoms with Crippen LogP contribution in [0, 0.1) is 11.3 Å². The maximum atomic E-state index is 12.2. The number of nitriles is 1.